The summed E-state index contributed by atoms with van der Waals surface area (Å²) in [7, 11) is 1.73. The van der Waals surface area contributed by atoms with Gasteiger partial charge in [0, 0.05) is 19.5 Å². The van der Waals surface area contributed by atoms with Gasteiger partial charge < -0.3 is 0 Å². The minimum absolute atomic E-state index is 0.157. The van der Waals surface area contributed by atoms with Gasteiger partial charge in [0.15, 0.2) is 0 Å². The lowest BCUT2D eigenvalue weighted by Gasteiger charge is -2.15. The Hall–Kier alpha value is -2.08. The maximum Gasteiger partial charge on any atom is 0.329 e. The Morgan fingerprint density at radius 3 is 2.38 bits per heavy atom. The average molecular weight is 382 g/mol. The minimum atomic E-state index is -0.362. The summed E-state index contributed by atoms with van der Waals surface area (Å²) in [5.74, 6) is -0.112. The zero-order chi connectivity index (χ0) is 20.0. The number of nitrogens with one attached hydrogen (secondary N) is 1. The molecule has 0 fully saturated rings. The zero-order valence-corrected chi connectivity index (χ0v) is 17.1. The van der Waals surface area contributed by atoms with Gasteiger partial charge in [0.25, 0.3) is 0 Å². The number of imide groups is 1. The third-order valence-corrected chi connectivity index (χ3v) is 4.58. The molecule has 1 atom stereocenters. The number of rotatable bonds is 6. The molecule has 26 heavy (non-hydrogen) atoms. The van der Waals surface area contributed by atoms with Gasteiger partial charge in [0.05, 0.1) is 16.1 Å². The van der Waals surface area contributed by atoms with Gasteiger partial charge in [-0.25, -0.2) is 4.79 Å². The first kappa shape index (κ1) is 22.0. The van der Waals surface area contributed by atoms with Crippen molar-refractivity contribution < 1.29 is 9.59 Å². The minimum Gasteiger partial charge on any atom is -0.299 e. The van der Waals surface area contributed by atoms with Gasteiger partial charge >= 0.3 is 5.69 Å². The van der Waals surface area contributed by atoms with E-state index >= 15 is 0 Å². The third kappa shape index (κ3) is 4.36. The highest BCUT2D eigenvalue weighted by Crippen LogP contribution is 2.32. The molecule has 0 bridgehead atoms. The van der Waals surface area contributed by atoms with E-state index in [0.717, 1.165) is 11.1 Å². The van der Waals surface area contributed by atoms with Crippen LogP contribution in [0.4, 0.5) is 0 Å². The van der Waals surface area contributed by atoms with Crippen molar-refractivity contribution in [2.75, 3.05) is 0 Å². The molecule has 0 saturated heterocycles. The lowest BCUT2D eigenvalue weighted by molar-refractivity contribution is -0.125. The van der Waals surface area contributed by atoms with Crippen LogP contribution in [0, 0.1) is 0 Å². The number of halogens is 1. The third-order valence-electron chi connectivity index (χ3n) is 4.27. The Morgan fingerprint density at radius 1 is 1.23 bits per heavy atom. The molecule has 2 amide bonds. The summed E-state index contributed by atoms with van der Waals surface area (Å²) in [6.07, 6.45) is 0.952. The molecule has 2 aromatic rings. The van der Waals surface area contributed by atoms with Crippen LogP contribution in [-0.4, -0.2) is 21.5 Å². The number of imidazole rings is 1. The molecule has 0 spiro atoms. The number of aromatic nitrogens is 2. The Labute approximate surface area is 159 Å². The zero-order valence-electron chi connectivity index (χ0n) is 16.3. The summed E-state index contributed by atoms with van der Waals surface area (Å²) in [5, 5.41) is 2.62. The molecular formula is C19H28ClN3O3. The van der Waals surface area contributed by atoms with E-state index in [1.165, 1.54) is 0 Å². The smallest absolute Gasteiger partial charge is 0.299 e. The molecule has 6 nitrogen and oxygen atoms in total. The van der Waals surface area contributed by atoms with Gasteiger partial charge in [-0.05, 0) is 30.9 Å². The van der Waals surface area contributed by atoms with E-state index in [0.29, 0.717) is 23.4 Å². The summed E-state index contributed by atoms with van der Waals surface area (Å²) in [5.41, 5.74) is 2.41. The molecule has 1 N–H and O–H groups in total. The number of aryl methyl sites for hydroxylation is 1. The maximum atomic E-state index is 12.7. The predicted octanol–water partition coefficient (Wildman–Crippen LogP) is 3.76. The second-order valence-electron chi connectivity index (χ2n) is 6.27. The molecule has 1 unspecified atom stereocenters. The van der Waals surface area contributed by atoms with Gasteiger partial charge in [-0.15, -0.1) is 0 Å². The predicted molar refractivity (Wildman–Crippen MR) is 106 cm³/mol. The molecule has 0 aliphatic rings. The van der Waals surface area contributed by atoms with Crippen LogP contribution in [0.5, 0.6) is 0 Å². The van der Waals surface area contributed by atoms with Crippen LogP contribution >= 0.6 is 11.6 Å². The summed E-state index contributed by atoms with van der Waals surface area (Å²) in [6, 6.07) is 3.53. The lowest BCUT2D eigenvalue weighted by Crippen LogP contribution is -2.27. The molecular weight excluding hydrogens is 354 g/mol. The van der Waals surface area contributed by atoms with Crippen molar-refractivity contribution in [2.45, 2.75) is 59.4 Å². The second-order valence-corrected chi connectivity index (χ2v) is 6.68. The summed E-state index contributed by atoms with van der Waals surface area (Å²) < 4.78 is 3.25. The molecule has 7 heteroatoms. The van der Waals surface area contributed by atoms with Crippen LogP contribution in [-0.2, 0) is 16.6 Å². The fourth-order valence-corrected chi connectivity index (χ4v) is 3.23. The van der Waals surface area contributed by atoms with Crippen LogP contribution < -0.4 is 11.0 Å². The van der Waals surface area contributed by atoms with Crippen molar-refractivity contribution in [3.05, 3.63) is 33.2 Å². The van der Waals surface area contributed by atoms with Crippen molar-refractivity contribution in [3.63, 3.8) is 0 Å². The maximum absolute atomic E-state index is 12.7. The topological polar surface area (TPSA) is 73.1 Å². The quantitative estimate of drug-likeness (QED) is 0.774. The van der Waals surface area contributed by atoms with E-state index in [9.17, 15) is 14.4 Å². The number of nitrogens with zero attached hydrogens (tertiary/aromatic N) is 2. The first-order valence-corrected chi connectivity index (χ1v) is 9.29. The molecule has 144 valence electrons. The summed E-state index contributed by atoms with van der Waals surface area (Å²) >= 11 is 6.38. The van der Waals surface area contributed by atoms with E-state index in [1.807, 2.05) is 26.8 Å². The molecule has 1 heterocycles. The number of carbonyl (C=O) groups excluding carboxylic acids is 2. The highest BCUT2D eigenvalue weighted by molar-refractivity contribution is 6.35. The van der Waals surface area contributed by atoms with E-state index in [1.54, 1.807) is 22.2 Å². The highest BCUT2D eigenvalue weighted by Gasteiger charge is 2.21. The Morgan fingerprint density at radius 2 is 1.85 bits per heavy atom. The highest BCUT2D eigenvalue weighted by atomic mass is 35.5. The molecule has 0 aliphatic heterocycles. The van der Waals surface area contributed by atoms with Gasteiger partial charge in [0.2, 0.25) is 12.3 Å². The van der Waals surface area contributed by atoms with Crippen molar-refractivity contribution in [3.8, 4) is 0 Å². The Bertz CT molecular complexity index is 837. The van der Waals surface area contributed by atoms with Crippen LogP contribution in [0.2, 0.25) is 5.02 Å². The van der Waals surface area contributed by atoms with Gasteiger partial charge in [-0.1, -0.05) is 45.4 Å². The molecule has 0 aliphatic carbocycles. The lowest BCUT2D eigenvalue weighted by atomic mass is 10.0. The Balaban J connectivity index is 0.00000163. The number of hydrogen-bond donors (Lipinski definition) is 1. The molecule has 0 saturated carbocycles. The van der Waals surface area contributed by atoms with E-state index in [2.05, 4.69) is 19.2 Å². The van der Waals surface area contributed by atoms with Gasteiger partial charge in [-0.3, -0.25) is 24.0 Å². The van der Waals surface area contributed by atoms with Gasteiger partial charge in [0.1, 0.15) is 0 Å². The molecule has 1 aromatic heterocycles. The number of carbonyl (C=O) groups is 2. The summed E-state index contributed by atoms with van der Waals surface area (Å²) in [4.78, 5) is 34.5. The Kier molecular flexibility index (Phi) is 8.08. The second kappa shape index (κ2) is 9.57. The average Bonchev–Trinajstić information content (AvgIpc) is 2.88. The molecule has 1 aromatic carbocycles. The van der Waals surface area contributed by atoms with Crippen molar-refractivity contribution >= 4 is 35.0 Å². The van der Waals surface area contributed by atoms with Crippen molar-refractivity contribution in [1.29, 1.82) is 0 Å². The number of benzene rings is 1. The van der Waals surface area contributed by atoms with E-state index < -0.39 is 0 Å². The number of amides is 2. The number of hydrogen-bond acceptors (Lipinski definition) is 3. The van der Waals surface area contributed by atoms with Crippen LogP contribution in [0.25, 0.3) is 11.0 Å². The molecule has 2 rings (SSSR count). The SMILES string of the molecule is CC.CC(C)c1ccc(Cl)c2c1n(C)c(=O)n2C(C)CCC(=O)NC=O. The standard InChI is InChI=1S/C17H22ClN3O3.C2H6/c1-10(2)12-6-7-13(18)16-15(12)20(4)17(24)21(16)11(3)5-8-14(23)19-9-22;1-2/h6-7,9-11H,5,8H2,1-4H3,(H,19,22,23);1-2H3. The van der Waals surface area contributed by atoms with E-state index in [-0.39, 0.29) is 30.0 Å². The normalized spacial score (nSPS) is 11.8. The first-order chi connectivity index (χ1) is 12.3. The van der Waals surface area contributed by atoms with Gasteiger partial charge in [-0.2, -0.15) is 0 Å². The van der Waals surface area contributed by atoms with Crippen molar-refractivity contribution in [1.82, 2.24) is 14.5 Å². The van der Waals surface area contributed by atoms with E-state index in [4.69, 9.17) is 11.6 Å². The number of fused-ring (bicyclic) bond motifs is 1. The molecule has 0 radical (unpaired) electrons. The first-order valence-electron chi connectivity index (χ1n) is 8.91. The summed E-state index contributed by atoms with van der Waals surface area (Å²) in [6.45, 7) is 10.0. The fraction of sp³-hybridized carbons (Fsp3) is 0.526. The van der Waals surface area contributed by atoms with Crippen LogP contribution in [0.15, 0.2) is 16.9 Å². The van der Waals surface area contributed by atoms with Crippen LogP contribution in [0.1, 0.15) is 65.0 Å². The van der Waals surface area contributed by atoms with Crippen molar-refractivity contribution in [2.24, 2.45) is 7.05 Å². The monoisotopic (exact) mass is 381 g/mol. The van der Waals surface area contributed by atoms with Crippen LogP contribution in [0.3, 0.4) is 0 Å². The largest absolute Gasteiger partial charge is 0.329 e. The fourth-order valence-electron chi connectivity index (χ4n) is 2.99.